The molecular weight excluding hydrogens is 548 g/mol. The van der Waals surface area contributed by atoms with Gasteiger partial charge in [0, 0.05) is 6.42 Å². The van der Waals surface area contributed by atoms with Gasteiger partial charge in [-0.3, -0.25) is 4.79 Å². The van der Waals surface area contributed by atoms with Crippen molar-refractivity contribution in [2.24, 2.45) is 0 Å². The van der Waals surface area contributed by atoms with Crippen LogP contribution in [0.2, 0.25) is 0 Å². The van der Waals surface area contributed by atoms with Crippen molar-refractivity contribution in [1.82, 2.24) is 0 Å². The highest BCUT2D eigenvalue weighted by Crippen LogP contribution is 2.16. The standard InChI is InChI=1S/C43H84O2/c1-3-5-7-9-11-13-15-17-19-21-22-23-24-25-26-27-29-31-33-35-37-39-41-43(44)45-42-40-38-36-34-32-30-28-20-18-16-14-12-10-8-6-4-2/h18,20H,3-17,19,21-42H2,1-2H3/b20-18-. The lowest BCUT2D eigenvalue weighted by atomic mass is 10.0. The summed E-state index contributed by atoms with van der Waals surface area (Å²) in [5.41, 5.74) is 0. The van der Waals surface area contributed by atoms with Crippen molar-refractivity contribution in [2.45, 2.75) is 251 Å². The van der Waals surface area contributed by atoms with Crippen LogP contribution in [-0.2, 0) is 9.53 Å². The van der Waals surface area contributed by atoms with Crippen LogP contribution in [0.5, 0.6) is 0 Å². The number of carbonyl (C=O) groups is 1. The summed E-state index contributed by atoms with van der Waals surface area (Å²) in [6.07, 6.45) is 54.5. The van der Waals surface area contributed by atoms with Gasteiger partial charge in [0.25, 0.3) is 0 Å². The molecule has 0 heterocycles. The lowest BCUT2D eigenvalue weighted by molar-refractivity contribution is -0.143. The van der Waals surface area contributed by atoms with Crippen LogP contribution in [0.4, 0.5) is 0 Å². The minimum atomic E-state index is 0.0240. The Kier molecular flexibility index (Phi) is 40.5. The summed E-state index contributed by atoms with van der Waals surface area (Å²) >= 11 is 0. The van der Waals surface area contributed by atoms with Gasteiger partial charge in [-0.15, -0.1) is 0 Å². The lowest BCUT2D eigenvalue weighted by Crippen LogP contribution is -2.05. The van der Waals surface area contributed by atoms with Gasteiger partial charge in [0.2, 0.25) is 0 Å². The first-order chi connectivity index (χ1) is 22.3. The van der Waals surface area contributed by atoms with Gasteiger partial charge in [0.1, 0.15) is 0 Å². The third kappa shape index (κ3) is 41.2. The molecule has 0 aliphatic heterocycles. The fourth-order valence-corrected chi connectivity index (χ4v) is 6.49. The Hall–Kier alpha value is -0.790. The zero-order valence-corrected chi connectivity index (χ0v) is 31.3. The van der Waals surface area contributed by atoms with Crippen LogP contribution in [0.1, 0.15) is 251 Å². The van der Waals surface area contributed by atoms with Crippen molar-refractivity contribution in [3.63, 3.8) is 0 Å². The van der Waals surface area contributed by atoms with E-state index in [9.17, 15) is 4.79 Å². The number of ether oxygens (including phenoxy) is 1. The van der Waals surface area contributed by atoms with Crippen LogP contribution in [0, 0.1) is 0 Å². The molecule has 0 spiro atoms. The maximum Gasteiger partial charge on any atom is 0.305 e. The normalized spacial score (nSPS) is 11.6. The molecule has 0 amide bonds. The van der Waals surface area contributed by atoms with E-state index in [0.29, 0.717) is 13.0 Å². The minimum Gasteiger partial charge on any atom is -0.466 e. The van der Waals surface area contributed by atoms with E-state index < -0.39 is 0 Å². The molecular formula is C43H84O2. The molecule has 0 unspecified atom stereocenters. The van der Waals surface area contributed by atoms with E-state index in [1.807, 2.05) is 0 Å². The van der Waals surface area contributed by atoms with Crippen LogP contribution < -0.4 is 0 Å². The summed E-state index contributed by atoms with van der Waals surface area (Å²) in [4.78, 5) is 12.0. The largest absolute Gasteiger partial charge is 0.466 e. The Morgan fingerprint density at radius 1 is 0.356 bits per heavy atom. The Morgan fingerprint density at radius 2 is 0.622 bits per heavy atom. The van der Waals surface area contributed by atoms with Crippen LogP contribution in [0.3, 0.4) is 0 Å². The molecule has 0 radical (unpaired) electrons. The average Bonchev–Trinajstić information content (AvgIpc) is 3.05. The molecule has 0 saturated carbocycles. The van der Waals surface area contributed by atoms with Crippen LogP contribution >= 0.6 is 0 Å². The van der Waals surface area contributed by atoms with Gasteiger partial charge in [-0.25, -0.2) is 0 Å². The fraction of sp³-hybridized carbons (Fsp3) is 0.930. The van der Waals surface area contributed by atoms with Crippen molar-refractivity contribution in [3.05, 3.63) is 12.2 Å². The van der Waals surface area contributed by atoms with E-state index in [1.54, 1.807) is 0 Å². The average molecular weight is 633 g/mol. The van der Waals surface area contributed by atoms with Crippen molar-refractivity contribution in [2.75, 3.05) is 6.61 Å². The third-order valence-corrected chi connectivity index (χ3v) is 9.65. The molecule has 2 nitrogen and oxygen atoms in total. The third-order valence-electron chi connectivity index (χ3n) is 9.65. The summed E-state index contributed by atoms with van der Waals surface area (Å²) in [6.45, 7) is 5.21. The summed E-state index contributed by atoms with van der Waals surface area (Å²) in [7, 11) is 0. The summed E-state index contributed by atoms with van der Waals surface area (Å²) in [5, 5.41) is 0. The molecule has 0 bridgehead atoms. The first-order valence-electron chi connectivity index (χ1n) is 21.1. The molecule has 0 aromatic carbocycles. The molecule has 0 aromatic rings. The Balaban J connectivity index is 3.17. The summed E-state index contributed by atoms with van der Waals surface area (Å²) in [5.74, 6) is 0.0240. The smallest absolute Gasteiger partial charge is 0.305 e. The van der Waals surface area contributed by atoms with Crippen molar-refractivity contribution in [1.29, 1.82) is 0 Å². The molecule has 0 aromatic heterocycles. The van der Waals surface area contributed by atoms with E-state index in [1.165, 1.54) is 218 Å². The van der Waals surface area contributed by atoms with Crippen LogP contribution in [0.15, 0.2) is 12.2 Å². The van der Waals surface area contributed by atoms with E-state index in [2.05, 4.69) is 26.0 Å². The van der Waals surface area contributed by atoms with Gasteiger partial charge >= 0.3 is 5.97 Å². The Labute approximate surface area is 285 Å². The fourth-order valence-electron chi connectivity index (χ4n) is 6.49. The van der Waals surface area contributed by atoms with Crippen LogP contribution in [0.25, 0.3) is 0 Å². The van der Waals surface area contributed by atoms with E-state index in [-0.39, 0.29) is 5.97 Å². The number of esters is 1. The molecule has 2 heteroatoms. The highest BCUT2D eigenvalue weighted by molar-refractivity contribution is 5.69. The molecule has 0 fully saturated rings. The molecule has 0 atom stereocenters. The van der Waals surface area contributed by atoms with E-state index in [0.717, 1.165) is 12.8 Å². The van der Waals surface area contributed by atoms with Gasteiger partial charge in [0.15, 0.2) is 0 Å². The Bertz CT molecular complexity index is 568. The first-order valence-corrected chi connectivity index (χ1v) is 21.1. The molecule has 0 aliphatic rings. The predicted molar refractivity (Wildman–Crippen MR) is 202 cm³/mol. The maximum atomic E-state index is 12.0. The monoisotopic (exact) mass is 633 g/mol. The second-order valence-electron chi connectivity index (χ2n) is 14.3. The van der Waals surface area contributed by atoms with Gasteiger partial charge in [-0.1, -0.05) is 219 Å². The van der Waals surface area contributed by atoms with Crippen molar-refractivity contribution < 1.29 is 9.53 Å². The number of rotatable bonds is 39. The molecule has 0 N–H and O–H groups in total. The van der Waals surface area contributed by atoms with Crippen molar-refractivity contribution >= 4 is 5.97 Å². The number of hydrogen-bond donors (Lipinski definition) is 0. The topological polar surface area (TPSA) is 26.3 Å². The van der Waals surface area contributed by atoms with Gasteiger partial charge in [-0.2, -0.15) is 0 Å². The quantitative estimate of drug-likeness (QED) is 0.0383. The number of allylic oxidation sites excluding steroid dienone is 2. The molecule has 45 heavy (non-hydrogen) atoms. The lowest BCUT2D eigenvalue weighted by Gasteiger charge is -2.06. The highest BCUT2D eigenvalue weighted by atomic mass is 16.5. The zero-order valence-electron chi connectivity index (χ0n) is 31.3. The second kappa shape index (κ2) is 41.2. The SMILES string of the molecule is CCCCCCCC/C=C\CCCCCCCCOC(=O)CCCCCCCCCCCCCCCCCCCCCCCC. The summed E-state index contributed by atoms with van der Waals surface area (Å²) in [6, 6.07) is 0. The second-order valence-corrected chi connectivity index (χ2v) is 14.3. The van der Waals surface area contributed by atoms with E-state index in [4.69, 9.17) is 4.74 Å². The maximum absolute atomic E-state index is 12.0. The van der Waals surface area contributed by atoms with Gasteiger partial charge < -0.3 is 4.74 Å². The molecule has 0 rings (SSSR count). The first kappa shape index (κ1) is 44.2. The number of hydrogen-bond acceptors (Lipinski definition) is 2. The summed E-state index contributed by atoms with van der Waals surface area (Å²) < 4.78 is 5.46. The molecule has 0 aliphatic carbocycles. The van der Waals surface area contributed by atoms with Crippen LogP contribution in [-0.4, -0.2) is 12.6 Å². The predicted octanol–water partition coefficient (Wildman–Crippen LogP) is 15.6. The minimum absolute atomic E-state index is 0.0240. The number of carbonyl (C=O) groups excluding carboxylic acids is 1. The Morgan fingerprint density at radius 3 is 0.956 bits per heavy atom. The number of unbranched alkanes of at least 4 members (excludes halogenated alkanes) is 33. The molecule has 268 valence electrons. The zero-order chi connectivity index (χ0) is 32.6. The van der Waals surface area contributed by atoms with E-state index >= 15 is 0 Å². The highest BCUT2D eigenvalue weighted by Gasteiger charge is 2.03. The van der Waals surface area contributed by atoms with Gasteiger partial charge in [-0.05, 0) is 38.5 Å². The van der Waals surface area contributed by atoms with Gasteiger partial charge in [0.05, 0.1) is 6.61 Å². The molecule has 0 saturated heterocycles. The van der Waals surface area contributed by atoms with Crippen molar-refractivity contribution in [3.8, 4) is 0 Å².